The lowest BCUT2D eigenvalue weighted by atomic mass is 9.91. The number of rotatable bonds is 4. The lowest BCUT2D eigenvalue weighted by Gasteiger charge is -2.18. The van der Waals surface area contributed by atoms with E-state index in [1.807, 2.05) is 78.9 Å². The van der Waals surface area contributed by atoms with Crippen molar-refractivity contribution >= 4 is 49.3 Å². The lowest BCUT2D eigenvalue weighted by molar-refractivity contribution is 0.476. The largest absolute Gasteiger partial charge is 0.507 e. The average molecular weight is 628 g/mol. The predicted octanol–water partition coefficient (Wildman–Crippen LogP) is 10.8. The van der Waals surface area contributed by atoms with Crippen LogP contribution in [0.3, 0.4) is 0 Å². The number of nitrogen functional groups attached to an aromatic ring is 1. The first-order valence-corrected chi connectivity index (χ1v) is 15.7. The van der Waals surface area contributed by atoms with Gasteiger partial charge in [-0.15, -0.1) is 0 Å². The van der Waals surface area contributed by atoms with Crippen LogP contribution in [0.1, 0.15) is 0 Å². The molecule has 0 saturated carbocycles. The molecular formula is C42H27F2N3O. The Balaban J connectivity index is 1.29. The summed E-state index contributed by atoms with van der Waals surface area (Å²) in [5.74, 6) is -1.51. The van der Waals surface area contributed by atoms with Crippen molar-refractivity contribution in [2.75, 3.05) is 5.73 Å². The molecule has 9 aromatic rings. The molecule has 0 aliphatic carbocycles. The molecule has 9 rings (SSSR count). The first kappa shape index (κ1) is 27.9. The zero-order valence-corrected chi connectivity index (χ0v) is 25.5. The molecule has 0 spiro atoms. The Bertz CT molecular complexity index is 2450. The summed E-state index contributed by atoms with van der Waals surface area (Å²) in [6, 6.07) is 44.9. The van der Waals surface area contributed by atoms with Crippen LogP contribution >= 0.6 is 0 Å². The molecule has 0 aliphatic rings. The quantitative estimate of drug-likeness (QED) is 0.191. The molecule has 48 heavy (non-hydrogen) atoms. The first-order chi connectivity index (χ1) is 23.5. The van der Waals surface area contributed by atoms with Crippen molar-refractivity contribution in [3.63, 3.8) is 0 Å². The van der Waals surface area contributed by atoms with E-state index in [4.69, 9.17) is 5.73 Å². The Labute approximate surface area is 274 Å². The van der Waals surface area contributed by atoms with Crippen LogP contribution in [0, 0.1) is 11.6 Å². The van der Waals surface area contributed by atoms with Gasteiger partial charge in [-0.3, -0.25) is 0 Å². The van der Waals surface area contributed by atoms with E-state index in [1.54, 1.807) is 24.3 Å². The Morgan fingerprint density at radius 1 is 0.438 bits per heavy atom. The fourth-order valence-corrected chi connectivity index (χ4v) is 7.24. The van der Waals surface area contributed by atoms with Gasteiger partial charge in [-0.25, -0.2) is 8.78 Å². The molecule has 2 heterocycles. The van der Waals surface area contributed by atoms with E-state index >= 15 is 8.78 Å². The Morgan fingerprint density at radius 3 is 1.27 bits per heavy atom. The number of aromatic hydroxyl groups is 1. The number of phenols is 1. The van der Waals surface area contributed by atoms with Crippen molar-refractivity contribution in [3.8, 4) is 39.4 Å². The number of aromatic nitrogens is 2. The maximum Gasteiger partial charge on any atom is 0.132 e. The first-order valence-electron chi connectivity index (χ1n) is 15.7. The number of benzene rings is 7. The van der Waals surface area contributed by atoms with Gasteiger partial charge in [-0.05, 0) is 72.8 Å². The number of nitrogens with zero attached hydrogens (tertiary/aromatic N) is 2. The molecule has 0 saturated heterocycles. The van der Waals surface area contributed by atoms with E-state index in [1.165, 1.54) is 6.07 Å². The second-order valence-electron chi connectivity index (χ2n) is 12.0. The highest BCUT2D eigenvalue weighted by Gasteiger charge is 2.24. The fraction of sp³-hybridized carbons (Fsp3) is 0. The molecule has 0 amide bonds. The monoisotopic (exact) mass is 627 g/mol. The molecule has 7 aromatic carbocycles. The number of halogens is 2. The number of anilines is 1. The average Bonchev–Trinajstić information content (AvgIpc) is 3.63. The maximum atomic E-state index is 16.2. The topological polar surface area (TPSA) is 56.1 Å². The molecule has 2 aromatic heterocycles. The fourth-order valence-electron chi connectivity index (χ4n) is 7.24. The van der Waals surface area contributed by atoms with E-state index < -0.39 is 11.6 Å². The van der Waals surface area contributed by atoms with Gasteiger partial charge in [0, 0.05) is 60.9 Å². The Morgan fingerprint density at radius 2 is 0.812 bits per heavy atom. The van der Waals surface area contributed by atoms with Crippen LogP contribution < -0.4 is 5.73 Å². The van der Waals surface area contributed by atoms with Gasteiger partial charge in [-0.1, -0.05) is 72.8 Å². The standard InChI is InChI=1S/C42H27F2N3O/c43-33-19-20-34(44)42(32-24-26(18-22-40(32)48)47-38-15-7-3-11-29(38)30-12-4-8-16-39(30)47)41(33)31-23-25(17-21-35(31)45)46-36-13-5-1-9-27(36)28-10-2-6-14-37(28)46/h1-24,48H,45H2. The van der Waals surface area contributed by atoms with Crippen molar-refractivity contribution in [1.82, 2.24) is 9.13 Å². The number of para-hydroxylation sites is 4. The van der Waals surface area contributed by atoms with Crippen molar-refractivity contribution in [2.45, 2.75) is 0 Å². The van der Waals surface area contributed by atoms with E-state index in [9.17, 15) is 5.11 Å². The Kier molecular flexibility index (Phi) is 6.14. The maximum absolute atomic E-state index is 16.2. The van der Waals surface area contributed by atoms with Gasteiger partial charge in [-0.2, -0.15) is 0 Å². The van der Waals surface area contributed by atoms with Gasteiger partial charge in [0.05, 0.1) is 22.1 Å². The van der Waals surface area contributed by atoms with E-state index in [0.29, 0.717) is 11.3 Å². The van der Waals surface area contributed by atoms with Crippen LogP contribution in [0.15, 0.2) is 146 Å². The summed E-state index contributed by atoms with van der Waals surface area (Å²) in [5.41, 5.74) is 12.5. The van der Waals surface area contributed by atoms with Crippen molar-refractivity contribution in [2.24, 2.45) is 0 Å². The number of hydrogen-bond donors (Lipinski definition) is 2. The SMILES string of the molecule is Nc1ccc(-n2c3ccccc3c3ccccc32)cc1-c1c(F)ccc(F)c1-c1cc(-n2c3ccccc3c3ccccc32)ccc1O. The van der Waals surface area contributed by atoms with E-state index in [0.717, 1.165) is 61.4 Å². The minimum atomic E-state index is -0.678. The molecule has 4 nitrogen and oxygen atoms in total. The predicted molar refractivity (Wildman–Crippen MR) is 192 cm³/mol. The van der Waals surface area contributed by atoms with Gasteiger partial charge in [0.25, 0.3) is 0 Å². The number of phenolic OH excluding ortho intramolecular Hbond substituents is 1. The lowest BCUT2D eigenvalue weighted by Crippen LogP contribution is -2.01. The number of nitrogens with two attached hydrogens (primary N) is 1. The third kappa shape index (κ3) is 4.06. The Hall–Kier alpha value is -6.40. The van der Waals surface area contributed by atoms with E-state index in [-0.39, 0.29) is 28.1 Å². The minimum Gasteiger partial charge on any atom is -0.507 e. The smallest absolute Gasteiger partial charge is 0.132 e. The summed E-state index contributed by atoms with van der Waals surface area (Å²) in [5, 5.41) is 15.6. The second kappa shape index (κ2) is 10.6. The third-order valence-corrected chi connectivity index (χ3v) is 9.34. The molecule has 0 atom stereocenters. The molecule has 0 bridgehead atoms. The molecule has 0 aliphatic heterocycles. The van der Waals surface area contributed by atoms with Crippen LogP contribution in [0.5, 0.6) is 5.75 Å². The van der Waals surface area contributed by atoms with E-state index in [2.05, 4.69) is 33.4 Å². The molecule has 230 valence electrons. The van der Waals surface area contributed by atoms with Gasteiger partial charge >= 0.3 is 0 Å². The summed E-state index contributed by atoms with van der Waals surface area (Å²) < 4.78 is 36.5. The van der Waals surface area contributed by atoms with Crippen LogP contribution in [-0.4, -0.2) is 14.2 Å². The highest BCUT2D eigenvalue weighted by molar-refractivity contribution is 6.10. The third-order valence-electron chi connectivity index (χ3n) is 9.34. The molecular weight excluding hydrogens is 600 g/mol. The molecule has 6 heteroatoms. The molecule has 0 unspecified atom stereocenters. The minimum absolute atomic E-state index is 0.0233. The van der Waals surface area contributed by atoms with Crippen molar-refractivity contribution in [1.29, 1.82) is 0 Å². The van der Waals surface area contributed by atoms with Crippen LogP contribution in [0.25, 0.3) is 77.2 Å². The number of hydrogen-bond acceptors (Lipinski definition) is 2. The van der Waals surface area contributed by atoms with Gasteiger partial charge < -0.3 is 20.0 Å². The molecule has 3 N–H and O–H groups in total. The van der Waals surface area contributed by atoms with Crippen molar-refractivity contribution in [3.05, 3.63) is 157 Å². The van der Waals surface area contributed by atoms with Crippen molar-refractivity contribution < 1.29 is 13.9 Å². The highest BCUT2D eigenvalue weighted by atomic mass is 19.1. The summed E-state index contributed by atoms with van der Waals surface area (Å²) >= 11 is 0. The normalized spacial score (nSPS) is 11.7. The van der Waals surface area contributed by atoms with Crippen LogP contribution in [0.2, 0.25) is 0 Å². The van der Waals surface area contributed by atoms with Gasteiger partial charge in [0.15, 0.2) is 0 Å². The van der Waals surface area contributed by atoms with Crippen LogP contribution in [-0.2, 0) is 0 Å². The molecule has 0 fully saturated rings. The summed E-state index contributed by atoms with van der Waals surface area (Å²) in [4.78, 5) is 0. The van der Waals surface area contributed by atoms with Crippen LogP contribution in [0.4, 0.5) is 14.5 Å². The molecule has 0 radical (unpaired) electrons. The number of fused-ring (bicyclic) bond motifs is 6. The second-order valence-corrected chi connectivity index (χ2v) is 12.0. The summed E-state index contributed by atoms with van der Waals surface area (Å²) in [6.07, 6.45) is 0. The zero-order chi connectivity index (χ0) is 32.5. The highest BCUT2D eigenvalue weighted by Crippen LogP contribution is 2.45. The zero-order valence-electron chi connectivity index (χ0n) is 25.5. The van der Waals surface area contributed by atoms with Gasteiger partial charge in [0.1, 0.15) is 17.4 Å². The van der Waals surface area contributed by atoms with Gasteiger partial charge in [0.2, 0.25) is 0 Å². The summed E-state index contributed by atoms with van der Waals surface area (Å²) in [7, 11) is 0. The summed E-state index contributed by atoms with van der Waals surface area (Å²) in [6.45, 7) is 0.